The second kappa shape index (κ2) is 4.91. The molecule has 0 N–H and O–H groups in total. The van der Waals surface area contributed by atoms with Crippen molar-refractivity contribution in [2.24, 2.45) is 0 Å². The van der Waals surface area contributed by atoms with Crippen LogP contribution in [0.5, 0.6) is 0 Å². The van der Waals surface area contributed by atoms with Crippen LogP contribution < -0.4 is 4.90 Å². The van der Waals surface area contributed by atoms with E-state index < -0.39 is 0 Å². The van der Waals surface area contributed by atoms with Crippen LogP contribution in [0.25, 0.3) is 0 Å². The topological polar surface area (TPSA) is 19.4 Å². The number of aromatic nitrogens is 1. The molecule has 3 rings (SSSR count). The van der Waals surface area contributed by atoms with Crippen molar-refractivity contribution in [1.82, 2.24) is 9.88 Å². The number of anilines is 1. The first-order valence-corrected chi connectivity index (χ1v) is 7.80. The maximum atomic E-state index is 6.01. The van der Waals surface area contributed by atoms with Gasteiger partial charge in [0.05, 0.1) is 16.0 Å². The predicted octanol–water partition coefficient (Wildman–Crippen LogP) is 2.74. The monoisotopic (exact) mass is 283 g/mol. The molecule has 0 amide bonds. The van der Waals surface area contributed by atoms with Crippen LogP contribution in [-0.4, -0.2) is 47.4 Å². The highest BCUT2D eigenvalue weighted by molar-refractivity contribution is 7.99. The van der Waals surface area contributed by atoms with Gasteiger partial charge in [0.1, 0.15) is 5.82 Å². The number of halogens is 1. The summed E-state index contributed by atoms with van der Waals surface area (Å²) in [4.78, 5) is 10.8. The van der Waals surface area contributed by atoms with Crippen LogP contribution in [0.3, 0.4) is 0 Å². The summed E-state index contributed by atoms with van der Waals surface area (Å²) in [6.07, 6.45) is 1.76. The molecule has 2 aliphatic heterocycles. The van der Waals surface area contributed by atoms with Crippen LogP contribution in [0.15, 0.2) is 17.2 Å². The molecule has 1 aromatic rings. The second-order valence-corrected chi connectivity index (χ2v) is 6.72. The number of thioether (sulfide) groups is 1. The molecular formula is C13H18ClN3S. The Bertz CT molecular complexity index is 452. The minimum atomic E-state index is 0.590. The summed E-state index contributed by atoms with van der Waals surface area (Å²) in [5, 5.41) is 0.737. The van der Waals surface area contributed by atoms with E-state index in [4.69, 9.17) is 11.6 Å². The van der Waals surface area contributed by atoms with Gasteiger partial charge in [-0.1, -0.05) is 11.6 Å². The third-order valence-electron chi connectivity index (χ3n) is 3.75. The molecule has 2 aliphatic rings. The van der Waals surface area contributed by atoms with E-state index in [9.17, 15) is 0 Å². The lowest BCUT2D eigenvalue weighted by atomic mass is 10.1. The highest BCUT2D eigenvalue weighted by Crippen LogP contribution is 2.38. The molecule has 3 nitrogen and oxygen atoms in total. The molecule has 0 radical (unpaired) electrons. The lowest BCUT2D eigenvalue weighted by molar-refractivity contribution is 0.185. The van der Waals surface area contributed by atoms with Gasteiger partial charge in [0, 0.05) is 37.6 Å². The number of nitrogens with zero attached hydrogens (tertiary/aromatic N) is 3. The van der Waals surface area contributed by atoms with Crippen LogP contribution in [0, 0.1) is 0 Å². The van der Waals surface area contributed by atoms with Gasteiger partial charge in [-0.25, -0.2) is 4.98 Å². The third kappa shape index (κ3) is 2.22. The van der Waals surface area contributed by atoms with E-state index in [1.165, 1.54) is 4.90 Å². The molecule has 0 aliphatic carbocycles. The number of piperazine rings is 1. The molecule has 1 saturated heterocycles. The number of hydrogen-bond acceptors (Lipinski definition) is 4. The van der Waals surface area contributed by atoms with Crippen LogP contribution in [0.1, 0.15) is 13.8 Å². The Morgan fingerprint density at radius 2 is 2.28 bits per heavy atom. The SMILES string of the molecule is CC(C)N1CCN2c3ncc(Cl)cc3SCC2C1. The molecule has 1 fully saturated rings. The number of rotatable bonds is 1. The molecule has 0 aromatic carbocycles. The average molecular weight is 284 g/mol. The minimum absolute atomic E-state index is 0.590. The summed E-state index contributed by atoms with van der Waals surface area (Å²) in [5.41, 5.74) is 0. The normalized spacial score (nSPS) is 24.0. The Kier molecular flexibility index (Phi) is 3.43. The quantitative estimate of drug-likeness (QED) is 0.789. The molecule has 0 spiro atoms. The van der Waals surface area contributed by atoms with Gasteiger partial charge in [-0.2, -0.15) is 0 Å². The van der Waals surface area contributed by atoms with E-state index in [2.05, 4.69) is 28.6 Å². The highest BCUT2D eigenvalue weighted by Gasteiger charge is 2.33. The van der Waals surface area contributed by atoms with Crippen molar-refractivity contribution in [3.8, 4) is 0 Å². The Balaban J connectivity index is 1.84. The fourth-order valence-corrected chi connectivity index (χ4v) is 4.08. The van der Waals surface area contributed by atoms with Crippen molar-refractivity contribution < 1.29 is 0 Å². The van der Waals surface area contributed by atoms with Gasteiger partial charge in [0.15, 0.2) is 0 Å². The van der Waals surface area contributed by atoms with Crippen LogP contribution in [0.2, 0.25) is 5.02 Å². The average Bonchev–Trinajstić information content (AvgIpc) is 2.37. The molecule has 1 aromatic heterocycles. The molecule has 98 valence electrons. The van der Waals surface area contributed by atoms with Gasteiger partial charge < -0.3 is 4.90 Å². The summed E-state index contributed by atoms with van der Waals surface area (Å²) in [6, 6.07) is 3.27. The molecule has 1 atom stereocenters. The zero-order chi connectivity index (χ0) is 12.7. The van der Waals surface area contributed by atoms with Gasteiger partial charge >= 0.3 is 0 Å². The van der Waals surface area contributed by atoms with Crippen molar-refractivity contribution >= 4 is 29.2 Å². The Morgan fingerprint density at radius 1 is 1.44 bits per heavy atom. The first kappa shape index (κ1) is 12.6. The second-order valence-electron chi connectivity index (χ2n) is 5.22. The zero-order valence-electron chi connectivity index (χ0n) is 10.8. The Hall–Kier alpha value is -0.450. The third-order valence-corrected chi connectivity index (χ3v) is 5.12. The van der Waals surface area contributed by atoms with Crippen molar-refractivity contribution in [2.45, 2.75) is 30.8 Å². The summed E-state index contributed by atoms with van der Waals surface area (Å²) in [5.74, 6) is 2.27. The minimum Gasteiger partial charge on any atom is -0.349 e. The Labute approximate surface area is 118 Å². The first-order chi connectivity index (χ1) is 8.65. The van der Waals surface area contributed by atoms with Gasteiger partial charge in [0.25, 0.3) is 0 Å². The fourth-order valence-electron chi connectivity index (χ4n) is 2.69. The number of pyridine rings is 1. The molecule has 0 bridgehead atoms. The van der Waals surface area contributed by atoms with E-state index >= 15 is 0 Å². The largest absolute Gasteiger partial charge is 0.349 e. The zero-order valence-corrected chi connectivity index (χ0v) is 12.3. The van der Waals surface area contributed by atoms with Gasteiger partial charge in [-0.3, -0.25) is 4.90 Å². The number of hydrogen-bond donors (Lipinski definition) is 0. The smallest absolute Gasteiger partial charge is 0.142 e. The maximum absolute atomic E-state index is 6.01. The molecule has 1 unspecified atom stereocenters. The highest BCUT2D eigenvalue weighted by atomic mass is 35.5. The van der Waals surface area contributed by atoms with Crippen molar-refractivity contribution in [2.75, 3.05) is 30.3 Å². The predicted molar refractivity (Wildman–Crippen MR) is 77.8 cm³/mol. The van der Waals surface area contributed by atoms with Crippen LogP contribution in [0.4, 0.5) is 5.82 Å². The lowest BCUT2D eigenvalue weighted by Crippen LogP contribution is -2.57. The first-order valence-electron chi connectivity index (χ1n) is 6.44. The summed E-state index contributed by atoms with van der Waals surface area (Å²) in [6.45, 7) is 7.90. The molecule has 3 heterocycles. The summed E-state index contributed by atoms with van der Waals surface area (Å²) >= 11 is 7.90. The van der Waals surface area contributed by atoms with Crippen LogP contribution >= 0.6 is 23.4 Å². The Morgan fingerprint density at radius 3 is 3.06 bits per heavy atom. The maximum Gasteiger partial charge on any atom is 0.142 e. The number of fused-ring (bicyclic) bond motifs is 3. The van der Waals surface area contributed by atoms with Crippen molar-refractivity contribution in [3.05, 3.63) is 17.3 Å². The van der Waals surface area contributed by atoms with Gasteiger partial charge in [0.2, 0.25) is 0 Å². The van der Waals surface area contributed by atoms with E-state index in [0.717, 1.165) is 36.2 Å². The van der Waals surface area contributed by atoms with Crippen molar-refractivity contribution in [1.29, 1.82) is 0 Å². The van der Waals surface area contributed by atoms with E-state index in [1.54, 1.807) is 6.20 Å². The molecule has 18 heavy (non-hydrogen) atoms. The van der Waals surface area contributed by atoms with E-state index in [1.807, 2.05) is 17.8 Å². The summed E-state index contributed by atoms with van der Waals surface area (Å²) in [7, 11) is 0. The molecule has 5 heteroatoms. The summed E-state index contributed by atoms with van der Waals surface area (Å²) < 4.78 is 0. The molecule has 0 saturated carbocycles. The van der Waals surface area contributed by atoms with Gasteiger partial charge in [-0.15, -0.1) is 11.8 Å². The standard InChI is InChI=1S/C13H18ClN3S/c1-9(2)16-3-4-17-11(7-16)8-18-12-5-10(14)6-15-13(12)17/h5-6,9,11H,3-4,7-8H2,1-2H3. The van der Waals surface area contributed by atoms with Crippen LogP contribution in [-0.2, 0) is 0 Å². The van der Waals surface area contributed by atoms with E-state index in [0.29, 0.717) is 12.1 Å². The van der Waals surface area contributed by atoms with Gasteiger partial charge in [-0.05, 0) is 19.9 Å². The van der Waals surface area contributed by atoms with E-state index in [-0.39, 0.29) is 0 Å². The molecular weight excluding hydrogens is 266 g/mol. The fraction of sp³-hybridized carbons (Fsp3) is 0.615. The van der Waals surface area contributed by atoms with Crippen molar-refractivity contribution in [3.63, 3.8) is 0 Å². The lowest BCUT2D eigenvalue weighted by Gasteiger charge is -2.46.